The largest absolute Gasteiger partial charge is 0.408 e. The molecule has 0 aliphatic rings. The van der Waals surface area contributed by atoms with Crippen molar-refractivity contribution in [2.24, 2.45) is 10.2 Å². The van der Waals surface area contributed by atoms with Gasteiger partial charge in [0.05, 0.1) is 0 Å². The van der Waals surface area contributed by atoms with E-state index in [4.69, 9.17) is 0 Å². The molecule has 0 unspecified atom stereocenters. The van der Waals surface area contributed by atoms with Crippen LogP contribution in [0.5, 0.6) is 0 Å². The molecule has 8 heteroatoms. The van der Waals surface area contributed by atoms with Crippen molar-refractivity contribution >= 4 is 12.0 Å². The molecule has 12 heavy (non-hydrogen) atoms. The lowest BCUT2D eigenvalue weighted by molar-refractivity contribution is 0.541. The highest BCUT2D eigenvalue weighted by Crippen LogP contribution is 2.11. The van der Waals surface area contributed by atoms with Crippen LogP contribution in [0.15, 0.2) is 31.9 Å². The Morgan fingerprint density at radius 2 is 1.42 bits per heavy atom. The van der Waals surface area contributed by atoms with Gasteiger partial charge in [0, 0.05) is 0 Å². The van der Waals surface area contributed by atoms with Gasteiger partial charge in [-0.05, 0) is 0 Å². The Hall–Kier alpha value is -2.12. The van der Waals surface area contributed by atoms with Gasteiger partial charge >= 0.3 is 12.0 Å². The third-order valence-electron chi connectivity index (χ3n) is 0.918. The maximum absolute atomic E-state index is 4.66. The minimum atomic E-state index is 0.0354. The van der Waals surface area contributed by atoms with Crippen LogP contribution in [0.3, 0.4) is 0 Å². The van der Waals surface area contributed by atoms with Crippen molar-refractivity contribution in [2.75, 3.05) is 0 Å². The first-order valence-corrected chi connectivity index (χ1v) is 2.89. The standard InChI is InChI=1S/C4H2N6O2/c1-5-7-3(11-1)9-10-4-8-6-2-12-4/h1-2H. The number of hydrogen-bond acceptors (Lipinski definition) is 8. The van der Waals surface area contributed by atoms with Crippen LogP contribution in [0.2, 0.25) is 0 Å². The van der Waals surface area contributed by atoms with Crippen molar-refractivity contribution < 1.29 is 8.83 Å². The van der Waals surface area contributed by atoms with Crippen molar-refractivity contribution in [3.63, 3.8) is 0 Å². The van der Waals surface area contributed by atoms with E-state index in [0.29, 0.717) is 0 Å². The van der Waals surface area contributed by atoms with E-state index in [1.54, 1.807) is 0 Å². The molecule has 2 aromatic rings. The van der Waals surface area contributed by atoms with Crippen LogP contribution in [0.4, 0.5) is 12.0 Å². The fraction of sp³-hybridized carbons (Fsp3) is 0. The quantitative estimate of drug-likeness (QED) is 0.613. The molecule has 0 fully saturated rings. The number of nitrogens with zero attached hydrogens (tertiary/aromatic N) is 6. The van der Waals surface area contributed by atoms with Crippen molar-refractivity contribution in [1.82, 2.24) is 20.4 Å². The van der Waals surface area contributed by atoms with Crippen molar-refractivity contribution in [3.05, 3.63) is 12.8 Å². The second kappa shape index (κ2) is 2.86. The van der Waals surface area contributed by atoms with E-state index in [1.807, 2.05) is 0 Å². The number of rotatable bonds is 2. The van der Waals surface area contributed by atoms with Crippen LogP contribution in [-0.4, -0.2) is 20.4 Å². The summed E-state index contributed by atoms with van der Waals surface area (Å²) < 4.78 is 9.32. The van der Waals surface area contributed by atoms with Gasteiger partial charge in [0.15, 0.2) is 0 Å². The molecular formula is C4H2N6O2. The Kier molecular flexibility index (Phi) is 1.57. The Labute approximate surface area is 65.3 Å². The second-order valence-corrected chi connectivity index (χ2v) is 1.64. The van der Waals surface area contributed by atoms with Crippen LogP contribution in [0.25, 0.3) is 0 Å². The molecule has 60 valence electrons. The maximum Gasteiger partial charge on any atom is 0.361 e. The van der Waals surface area contributed by atoms with Gasteiger partial charge in [0.1, 0.15) is 0 Å². The number of hydrogen-bond donors (Lipinski definition) is 0. The minimum Gasteiger partial charge on any atom is -0.408 e. The molecule has 2 aromatic heterocycles. The molecule has 0 amide bonds. The van der Waals surface area contributed by atoms with E-state index in [9.17, 15) is 0 Å². The molecule has 0 spiro atoms. The first-order valence-electron chi connectivity index (χ1n) is 2.89. The molecular weight excluding hydrogens is 164 g/mol. The number of azo groups is 1. The zero-order valence-electron chi connectivity index (χ0n) is 5.65. The van der Waals surface area contributed by atoms with E-state index in [0.717, 1.165) is 12.8 Å². The summed E-state index contributed by atoms with van der Waals surface area (Å²) in [6, 6.07) is 0.0707. The van der Waals surface area contributed by atoms with Crippen LogP contribution in [0.1, 0.15) is 0 Å². The summed E-state index contributed by atoms with van der Waals surface area (Å²) in [5.74, 6) is 0. The molecule has 0 radical (unpaired) electrons. The lowest BCUT2D eigenvalue weighted by atomic mass is 11.1. The fourth-order valence-corrected chi connectivity index (χ4v) is 0.507. The third-order valence-corrected chi connectivity index (χ3v) is 0.918. The van der Waals surface area contributed by atoms with E-state index < -0.39 is 0 Å². The summed E-state index contributed by atoms with van der Waals surface area (Å²) in [7, 11) is 0. The summed E-state index contributed by atoms with van der Waals surface area (Å²) in [6.07, 6.45) is 2.28. The molecule has 8 nitrogen and oxygen atoms in total. The Bertz CT molecular complexity index is 315. The summed E-state index contributed by atoms with van der Waals surface area (Å²) >= 11 is 0. The molecule has 0 saturated heterocycles. The average molecular weight is 166 g/mol. The van der Waals surface area contributed by atoms with Gasteiger partial charge in [0.25, 0.3) is 0 Å². The van der Waals surface area contributed by atoms with Gasteiger partial charge in [-0.1, -0.05) is 20.4 Å². The Balaban J connectivity index is 2.14. The number of aromatic nitrogens is 4. The molecule has 0 atom stereocenters. The van der Waals surface area contributed by atoms with Gasteiger partial charge < -0.3 is 8.83 Å². The van der Waals surface area contributed by atoms with Gasteiger partial charge in [-0.3, -0.25) is 0 Å². The molecule has 0 N–H and O–H groups in total. The second-order valence-electron chi connectivity index (χ2n) is 1.64. The molecule has 0 saturated carbocycles. The SMILES string of the molecule is c1nnc(N=Nc2nnco2)o1. The first-order chi connectivity index (χ1) is 5.95. The molecule has 0 aromatic carbocycles. The summed E-state index contributed by atoms with van der Waals surface area (Å²) in [6.45, 7) is 0. The minimum absolute atomic E-state index is 0.0354. The van der Waals surface area contributed by atoms with E-state index in [1.165, 1.54) is 0 Å². The van der Waals surface area contributed by atoms with Gasteiger partial charge in [0.2, 0.25) is 12.8 Å². The molecule has 0 aliphatic heterocycles. The van der Waals surface area contributed by atoms with E-state index in [2.05, 4.69) is 39.5 Å². The van der Waals surface area contributed by atoms with E-state index in [-0.39, 0.29) is 12.0 Å². The van der Waals surface area contributed by atoms with Crippen LogP contribution >= 0.6 is 0 Å². The van der Waals surface area contributed by atoms with Crippen molar-refractivity contribution in [2.45, 2.75) is 0 Å². The highest BCUT2D eigenvalue weighted by atomic mass is 16.4. The summed E-state index contributed by atoms with van der Waals surface area (Å²) in [5, 5.41) is 20.7. The van der Waals surface area contributed by atoms with Crippen molar-refractivity contribution in [3.8, 4) is 0 Å². The van der Waals surface area contributed by atoms with Crippen LogP contribution in [0, 0.1) is 0 Å². The zero-order valence-corrected chi connectivity index (χ0v) is 5.65. The normalized spacial score (nSPS) is 11.0. The lowest BCUT2D eigenvalue weighted by Crippen LogP contribution is -1.64. The van der Waals surface area contributed by atoms with Crippen LogP contribution < -0.4 is 0 Å². The van der Waals surface area contributed by atoms with Gasteiger partial charge in [-0.15, -0.1) is 10.2 Å². The fourth-order valence-electron chi connectivity index (χ4n) is 0.507. The monoisotopic (exact) mass is 166 g/mol. The van der Waals surface area contributed by atoms with E-state index >= 15 is 0 Å². The predicted octanol–water partition coefficient (Wildman–Crippen LogP) is 0.868. The maximum atomic E-state index is 4.66. The molecule has 0 aliphatic carbocycles. The molecule has 2 heterocycles. The molecule has 2 rings (SSSR count). The van der Waals surface area contributed by atoms with Crippen LogP contribution in [-0.2, 0) is 0 Å². The third kappa shape index (κ3) is 1.31. The molecule has 0 bridgehead atoms. The topological polar surface area (TPSA) is 103 Å². The Morgan fingerprint density at radius 3 is 1.75 bits per heavy atom. The predicted molar refractivity (Wildman–Crippen MR) is 32.8 cm³/mol. The summed E-state index contributed by atoms with van der Waals surface area (Å²) in [5.41, 5.74) is 0. The zero-order chi connectivity index (χ0) is 8.23. The van der Waals surface area contributed by atoms with Crippen molar-refractivity contribution in [1.29, 1.82) is 0 Å². The van der Waals surface area contributed by atoms with Gasteiger partial charge in [-0.2, -0.15) is 0 Å². The Morgan fingerprint density at radius 1 is 0.917 bits per heavy atom. The highest BCUT2D eigenvalue weighted by Gasteiger charge is 1.96. The summed E-state index contributed by atoms with van der Waals surface area (Å²) in [4.78, 5) is 0. The first kappa shape index (κ1) is 6.58. The smallest absolute Gasteiger partial charge is 0.361 e. The lowest BCUT2D eigenvalue weighted by Gasteiger charge is -1.76. The van der Waals surface area contributed by atoms with Gasteiger partial charge in [-0.25, -0.2) is 0 Å². The highest BCUT2D eigenvalue weighted by molar-refractivity contribution is 5.06. The average Bonchev–Trinajstić information content (AvgIpc) is 2.74.